The molecule has 6 heteroatoms. The first kappa shape index (κ1) is 14.3. The van der Waals surface area contributed by atoms with E-state index in [1.54, 1.807) is 18.1 Å². The van der Waals surface area contributed by atoms with Gasteiger partial charge in [0.1, 0.15) is 12.4 Å². The molecule has 0 fully saturated rings. The van der Waals surface area contributed by atoms with Crippen molar-refractivity contribution in [1.29, 1.82) is 0 Å². The standard InChI is InChI=1S/C16H19N5O/c1-10-5-13-14(6-11(10)2)21(9-17-13)8-16(22)18-15-7-12(3)19-20(15)4/h5-7,9H,8H2,1-4H3,(H,18,22). The number of hydrogen-bond acceptors (Lipinski definition) is 3. The fourth-order valence-electron chi connectivity index (χ4n) is 2.50. The zero-order chi connectivity index (χ0) is 15.9. The van der Waals surface area contributed by atoms with E-state index in [4.69, 9.17) is 0 Å². The average molecular weight is 297 g/mol. The summed E-state index contributed by atoms with van der Waals surface area (Å²) in [6, 6.07) is 5.96. The molecule has 3 aromatic rings. The average Bonchev–Trinajstić information content (AvgIpc) is 2.95. The summed E-state index contributed by atoms with van der Waals surface area (Å²) in [6.07, 6.45) is 1.71. The van der Waals surface area contributed by atoms with E-state index >= 15 is 0 Å². The molecule has 0 bridgehead atoms. The van der Waals surface area contributed by atoms with Gasteiger partial charge in [-0.2, -0.15) is 5.10 Å². The Kier molecular flexibility index (Phi) is 3.44. The monoisotopic (exact) mass is 297 g/mol. The minimum atomic E-state index is -0.0967. The number of imidazole rings is 1. The Labute approximate surface area is 128 Å². The molecule has 0 saturated carbocycles. The van der Waals surface area contributed by atoms with Crippen LogP contribution in [0.3, 0.4) is 0 Å². The van der Waals surface area contributed by atoms with Gasteiger partial charge in [-0.25, -0.2) is 4.98 Å². The van der Waals surface area contributed by atoms with E-state index in [0.29, 0.717) is 5.82 Å². The van der Waals surface area contributed by atoms with E-state index in [0.717, 1.165) is 16.7 Å². The highest BCUT2D eigenvalue weighted by Crippen LogP contribution is 2.18. The topological polar surface area (TPSA) is 64.7 Å². The third kappa shape index (κ3) is 2.59. The number of nitrogens with one attached hydrogen (secondary N) is 1. The highest BCUT2D eigenvalue weighted by molar-refractivity contribution is 5.91. The molecule has 0 unspecified atom stereocenters. The summed E-state index contributed by atoms with van der Waals surface area (Å²) in [5.74, 6) is 0.597. The smallest absolute Gasteiger partial charge is 0.245 e. The van der Waals surface area contributed by atoms with Gasteiger partial charge < -0.3 is 9.88 Å². The van der Waals surface area contributed by atoms with Gasteiger partial charge >= 0.3 is 0 Å². The van der Waals surface area contributed by atoms with Crippen molar-refractivity contribution in [3.8, 4) is 0 Å². The lowest BCUT2D eigenvalue weighted by molar-refractivity contribution is -0.116. The van der Waals surface area contributed by atoms with E-state index in [-0.39, 0.29) is 12.5 Å². The van der Waals surface area contributed by atoms with Gasteiger partial charge in [0.15, 0.2) is 0 Å². The van der Waals surface area contributed by atoms with Crippen LogP contribution in [0.2, 0.25) is 0 Å². The predicted molar refractivity (Wildman–Crippen MR) is 85.8 cm³/mol. The molecule has 22 heavy (non-hydrogen) atoms. The number of benzene rings is 1. The van der Waals surface area contributed by atoms with E-state index in [9.17, 15) is 4.79 Å². The maximum absolute atomic E-state index is 12.2. The van der Waals surface area contributed by atoms with Crippen LogP contribution in [0.5, 0.6) is 0 Å². The number of carbonyl (C=O) groups is 1. The molecule has 1 aromatic carbocycles. The van der Waals surface area contributed by atoms with Crippen molar-refractivity contribution < 1.29 is 4.79 Å². The molecule has 114 valence electrons. The van der Waals surface area contributed by atoms with Crippen LogP contribution in [0.15, 0.2) is 24.5 Å². The normalized spacial score (nSPS) is 11.1. The minimum absolute atomic E-state index is 0.0967. The zero-order valence-electron chi connectivity index (χ0n) is 13.2. The van der Waals surface area contributed by atoms with Crippen molar-refractivity contribution in [1.82, 2.24) is 19.3 Å². The number of rotatable bonds is 3. The molecule has 0 saturated heterocycles. The summed E-state index contributed by atoms with van der Waals surface area (Å²) >= 11 is 0. The van der Waals surface area contributed by atoms with Crippen LogP contribution < -0.4 is 5.32 Å². The molecule has 0 aliphatic carbocycles. The minimum Gasteiger partial charge on any atom is -0.321 e. The van der Waals surface area contributed by atoms with E-state index in [1.807, 2.05) is 23.6 Å². The molecule has 0 aliphatic rings. The molecule has 0 aliphatic heterocycles. The Morgan fingerprint density at radius 2 is 1.91 bits per heavy atom. The number of aryl methyl sites for hydroxylation is 4. The van der Waals surface area contributed by atoms with Crippen molar-refractivity contribution in [2.24, 2.45) is 7.05 Å². The Hall–Kier alpha value is -2.63. The molecule has 6 nitrogen and oxygen atoms in total. The first-order chi connectivity index (χ1) is 10.4. The van der Waals surface area contributed by atoms with Gasteiger partial charge in [0.25, 0.3) is 0 Å². The number of fused-ring (bicyclic) bond motifs is 1. The fourth-order valence-corrected chi connectivity index (χ4v) is 2.50. The second-order valence-electron chi connectivity index (χ2n) is 5.64. The molecular weight excluding hydrogens is 278 g/mol. The van der Waals surface area contributed by atoms with Crippen LogP contribution in [-0.2, 0) is 18.4 Å². The van der Waals surface area contributed by atoms with E-state index in [2.05, 4.69) is 35.3 Å². The summed E-state index contributed by atoms with van der Waals surface area (Å²) in [6.45, 7) is 6.24. The highest BCUT2D eigenvalue weighted by Gasteiger charge is 2.11. The molecular formula is C16H19N5O. The predicted octanol–water partition coefficient (Wildman–Crippen LogP) is 2.33. The lowest BCUT2D eigenvalue weighted by Crippen LogP contribution is -2.19. The molecule has 0 spiro atoms. The third-order valence-electron chi connectivity index (χ3n) is 3.82. The van der Waals surface area contributed by atoms with Crippen LogP contribution in [0, 0.1) is 20.8 Å². The third-order valence-corrected chi connectivity index (χ3v) is 3.82. The van der Waals surface area contributed by atoms with Crippen LogP contribution >= 0.6 is 0 Å². The fraction of sp³-hybridized carbons (Fsp3) is 0.312. The van der Waals surface area contributed by atoms with Crippen molar-refractivity contribution in [2.45, 2.75) is 27.3 Å². The molecule has 0 atom stereocenters. The van der Waals surface area contributed by atoms with Gasteiger partial charge in [-0.15, -0.1) is 0 Å². The van der Waals surface area contributed by atoms with Gasteiger partial charge in [0, 0.05) is 13.1 Å². The van der Waals surface area contributed by atoms with Gasteiger partial charge in [-0.05, 0) is 44.0 Å². The second kappa shape index (κ2) is 5.29. The molecule has 2 aromatic heterocycles. The summed E-state index contributed by atoms with van der Waals surface area (Å²) in [5.41, 5.74) is 5.15. The number of carbonyl (C=O) groups excluding carboxylic acids is 1. The van der Waals surface area contributed by atoms with E-state index < -0.39 is 0 Å². The van der Waals surface area contributed by atoms with Crippen molar-refractivity contribution in [2.75, 3.05) is 5.32 Å². The first-order valence-corrected chi connectivity index (χ1v) is 7.16. The Morgan fingerprint density at radius 3 is 2.59 bits per heavy atom. The maximum atomic E-state index is 12.2. The van der Waals surface area contributed by atoms with Crippen LogP contribution in [0.25, 0.3) is 11.0 Å². The number of anilines is 1. The van der Waals surface area contributed by atoms with Crippen LogP contribution in [-0.4, -0.2) is 25.2 Å². The summed E-state index contributed by atoms with van der Waals surface area (Å²) in [4.78, 5) is 16.6. The molecule has 1 N–H and O–H groups in total. The van der Waals surface area contributed by atoms with E-state index in [1.165, 1.54) is 11.1 Å². The quantitative estimate of drug-likeness (QED) is 0.807. The highest BCUT2D eigenvalue weighted by atomic mass is 16.2. The Balaban J connectivity index is 1.82. The Bertz CT molecular complexity index is 859. The maximum Gasteiger partial charge on any atom is 0.245 e. The molecule has 2 heterocycles. The number of hydrogen-bond donors (Lipinski definition) is 1. The summed E-state index contributed by atoms with van der Waals surface area (Å²) in [7, 11) is 1.81. The lowest BCUT2D eigenvalue weighted by atomic mass is 10.1. The Morgan fingerprint density at radius 1 is 1.18 bits per heavy atom. The molecule has 0 radical (unpaired) electrons. The molecule has 3 rings (SSSR count). The lowest BCUT2D eigenvalue weighted by Gasteiger charge is -2.07. The first-order valence-electron chi connectivity index (χ1n) is 7.16. The number of aromatic nitrogens is 4. The van der Waals surface area contributed by atoms with Crippen LogP contribution in [0.4, 0.5) is 5.82 Å². The van der Waals surface area contributed by atoms with Gasteiger partial charge in [-0.1, -0.05) is 0 Å². The SMILES string of the molecule is Cc1cc(NC(=O)Cn2cnc3cc(C)c(C)cc32)n(C)n1. The number of nitrogens with zero attached hydrogens (tertiary/aromatic N) is 4. The zero-order valence-corrected chi connectivity index (χ0v) is 13.2. The van der Waals surface area contributed by atoms with Gasteiger partial charge in [0.2, 0.25) is 5.91 Å². The summed E-state index contributed by atoms with van der Waals surface area (Å²) in [5, 5.41) is 7.09. The summed E-state index contributed by atoms with van der Waals surface area (Å²) < 4.78 is 3.52. The van der Waals surface area contributed by atoms with Gasteiger partial charge in [0.05, 0.1) is 23.1 Å². The largest absolute Gasteiger partial charge is 0.321 e. The van der Waals surface area contributed by atoms with Crippen molar-refractivity contribution in [3.63, 3.8) is 0 Å². The van der Waals surface area contributed by atoms with Crippen molar-refractivity contribution in [3.05, 3.63) is 41.3 Å². The van der Waals surface area contributed by atoms with Crippen LogP contribution in [0.1, 0.15) is 16.8 Å². The molecule has 1 amide bonds. The van der Waals surface area contributed by atoms with Gasteiger partial charge in [-0.3, -0.25) is 9.48 Å². The number of amides is 1. The second-order valence-corrected chi connectivity index (χ2v) is 5.64. The van der Waals surface area contributed by atoms with Crippen molar-refractivity contribution >= 4 is 22.8 Å².